The van der Waals surface area contributed by atoms with Gasteiger partial charge in [0.2, 0.25) is 0 Å². The molecule has 0 saturated carbocycles. The Morgan fingerprint density at radius 1 is 1.59 bits per heavy atom. The fourth-order valence-corrected chi connectivity index (χ4v) is 1.52. The number of aryl methyl sites for hydroxylation is 1. The van der Waals surface area contributed by atoms with Crippen molar-refractivity contribution in [3.63, 3.8) is 0 Å². The summed E-state index contributed by atoms with van der Waals surface area (Å²) in [6.07, 6.45) is 2.55. The first kappa shape index (κ1) is 14.1. The molecular weight excluding hydrogens is 238 g/mol. The van der Waals surface area contributed by atoms with E-state index in [9.17, 15) is 4.79 Å². The van der Waals surface area contributed by atoms with Crippen molar-refractivity contribution in [1.82, 2.24) is 9.78 Å². The van der Waals surface area contributed by atoms with Crippen molar-refractivity contribution < 1.29 is 4.74 Å². The molecule has 5 nitrogen and oxygen atoms in total. The van der Waals surface area contributed by atoms with Crippen LogP contribution < -0.4 is 10.5 Å². The van der Waals surface area contributed by atoms with Crippen LogP contribution in [0.1, 0.15) is 6.42 Å². The molecule has 0 fully saturated rings. The largest absolute Gasteiger partial charge is 0.383 e. The Morgan fingerprint density at radius 3 is 2.94 bits per heavy atom. The molecular formula is C11H19N3O2S. The molecule has 0 aromatic carbocycles. The smallest absolute Gasteiger partial charge is 0.268 e. The van der Waals surface area contributed by atoms with Gasteiger partial charge in [-0.2, -0.15) is 17.7 Å². The van der Waals surface area contributed by atoms with Crippen LogP contribution in [0.3, 0.4) is 0 Å². The maximum absolute atomic E-state index is 11.7. The number of aromatic nitrogens is 2. The second-order valence-electron chi connectivity index (χ2n) is 3.77. The minimum atomic E-state index is -0.0754. The molecule has 0 saturated heterocycles. The summed E-state index contributed by atoms with van der Waals surface area (Å²) in [7, 11) is 3.56. The summed E-state index contributed by atoms with van der Waals surface area (Å²) < 4.78 is 6.45. The summed E-state index contributed by atoms with van der Waals surface area (Å²) in [5.74, 6) is 0.754. The van der Waals surface area contributed by atoms with Gasteiger partial charge in [0, 0.05) is 33.3 Å². The Bertz CT molecular complexity index is 395. The van der Waals surface area contributed by atoms with Gasteiger partial charge in [0.05, 0.1) is 18.5 Å². The van der Waals surface area contributed by atoms with Crippen LogP contribution in [0.4, 0.5) is 5.69 Å². The van der Waals surface area contributed by atoms with Crippen molar-refractivity contribution in [2.24, 2.45) is 0 Å². The van der Waals surface area contributed by atoms with E-state index in [4.69, 9.17) is 4.74 Å². The Hall–Kier alpha value is -1.01. The molecule has 1 rings (SSSR count). The molecule has 1 aromatic rings. The van der Waals surface area contributed by atoms with E-state index in [0.29, 0.717) is 13.2 Å². The van der Waals surface area contributed by atoms with Gasteiger partial charge in [0.25, 0.3) is 5.56 Å². The number of hydrogen-bond acceptors (Lipinski definition) is 5. The molecule has 1 heterocycles. The summed E-state index contributed by atoms with van der Waals surface area (Å²) in [5, 5.41) is 4.13. The van der Waals surface area contributed by atoms with Gasteiger partial charge in [-0.3, -0.25) is 4.79 Å². The average molecular weight is 257 g/mol. The Kier molecular flexibility index (Phi) is 6.07. The molecule has 0 bridgehead atoms. The number of nitrogens with zero attached hydrogens (tertiary/aromatic N) is 3. The van der Waals surface area contributed by atoms with Crippen molar-refractivity contribution in [2.45, 2.75) is 13.0 Å². The van der Waals surface area contributed by atoms with E-state index in [-0.39, 0.29) is 5.56 Å². The highest BCUT2D eigenvalue weighted by atomic mass is 32.1. The number of rotatable bonds is 7. The second kappa shape index (κ2) is 7.34. The number of thiol groups is 1. The average Bonchev–Trinajstić information content (AvgIpc) is 2.34. The monoisotopic (exact) mass is 257 g/mol. The molecule has 0 aliphatic heterocycles. The summed E-state index contributed by atoms with van der Waals surface area (Å²) in [5.41, 5.74) is 0.739. The number of likely N-dealkylation sites (N-methyl/N-ethyl adjacent to an activating group) is 1. The highest BCUT2D eigenvalue weighted by Crippen LogP contribution is 2.06. The molecule has 0 spiro atoms. The van der Waals surface area contributed by atoms with Crippen molar-refractivity contribution in [3.05, 3.63) is 22.6 Å². The minimum Gasteiger partial charge on any atom is -0.383 e. The Morgan fingerprint density at radius 2 is 2.35 bits per heavy atom. The minimum absolute atomic E-state index is 0.0754. The lowest BCUT2D eigenvalue weighted by Crippen LogP contribution is -2.27. The molecule has 96 valence electrons. The number of methoxy groups -OCH3 is 1. The normalized spacial score (nSPS) is 10.5. The third-order valence-electron chi connectivity index (χ3n) is 2.45. The topological polar surface area (TPSA) is 47.4 Å². The maximum Gasteiger partial charge on any atom is 0.268 e. The summed E-state index contributed by atoms with van der Waals surface area (Å²) in [6.45, 7) is 1.97. The van der Waals surface area contributed by atoms with E-state index in [1.807, 2.05) is 11.9 Å². The van der Waals surface area contributed by atoms with Crippen LogP contribution in [-0.4, -0.2) is 42.8 Å². The lowest BCUT2D eigenvalue weighted by atomic mass is 10.4. The third kappa shape index (κ3) is 4.40. The van der Waals surface area contributed by atoms with Crippen molar-refractivity contribution in [2.75, 3.05) is 38.0 Å². The fraction of sp³-hybridized carbons (Fsp3) is 0.636. The van der Waals surface area contributed by atoms with Gasteiger partial charge in [-0.15, -0.1) is 0 Å². The molecule has 0 amide bonds. The highest BCUT2D eigenvalue weighted by molar-refractivity contribution is 7.80. The van der Waals surface area contributed by atoms with Crippen LogP contribution in [-0.2, 0) is 11.3 Å². The summed E-state index contributed by atoms with van der Waals surface area (Å²) in [4.78, 5) is 13.7. The lowest BCUT2D eigenvalue weighted by Gasteiger charge is -2.18. The standard InChI is InChI=1S/C11H19N3O2S/c1-13(5-6-16-2)10-8-11(15)14(12-9-10)4-3-7-17/h8-9,17H,3-7H2,1-2H3. The highest BCUT2D eigenvalue weighted by Gasteiger charge is 2.04. The number of hydrogen-bond donors (Lipinski definition) is 1. The molecule has 0 aliphatic carbocycles. The lowest BCUT2D eigenvalue weighted by molar-refractivity contribution is 0.206. The zero-order valence-electron chi connectivity index (χ0n) is 10.3. The van der Waals surface area contributed by atoms with E-state index >= 15 is 0 Å². The molecule has 0 aliphatic rings. The molecule has 0 N–H and O–H groups in total. The van der Waals surface area contributed by atoms with Crippen LogP contribution in [0.2, 0.25) is 0 Å². The van der Waals surface area contributed by atoms with Gasteiger partial charge < -0.3 is 9.64 Å². The third-order valence-corrected chi connectivity index (χ3v) is 2.77. The first-order chi connectivity index (χ1) is 8.19. The molecule has 0 unspecified atom stereocenters. The van der Waals surface area contributed by atoms with Gasteiger partial charge in [0.15, 0.2) is 0 Å². The second-order valence-corrected chi connectivity index (χ2v) is 4.21. The first-order valence-electron chi connectivity index (χ1n) is 5.57. The van der Waals surface area contributed by atoms with E-state index in [2.05, 4.69) is 17.7 Å². The number of ether oxygens (including phenoxy) is 1. The zero-order chi connectivity index (χ0) is 12.7. The van der Waals surface area contributed by atoms with E-state index in [0.717, 1.165) is 24.4 Å². The van der Waals surface area contributed by atoms with Crippen molar-refractivity contribution >= 4 is 18.3 Å². The molecule has 0 atom stereocenters. The van der Waals surface area contributed by atoms with Crippen LogP contribution in [0.5, 0.6) is 0 Å². The van der Waals surface area contributed by atoms with Gasteiger partial charge in [0.1, 0.15) is 0 Å². The Labute approximate surface area is 107 Å². The SMILES string of the molecule is COCCN(C)c1cnn(CCCS)c(=O)c1. The molecule has 6 heteroatoms. The van der Waals surface area contributed by atoms with Crippen LogP contribution in [0, 0.1) is 0 Å². The summed E-state index contributed by atoms with van der Waals surface area (Å²) in [6, 6.07) is 1.60. The van der Waals surface area contributed by atoms with Crippen LogP contribution in [0.25, 0.3) is 0 Å². The predicted octanol–water partition coefficient (Wildman–Crippen LogP) is 0.646. The molecule has 17 heavy (non-hydrogen) atoms. The van der Waals surface area contributed by atoms with Gasteiger partial charge in [-0.1, -0.05) is 0 Å². The van der Waals surface area contributed by atoms with Gasteiger partial charge >= 0.3 is 0 Å². The van der Waals surface area contributed by atoms with Crippen LogP contribution in [0.15, 0.2) is 17.1 Å². The first-order valence-corrected chi connectivity index (χ1v) is 6.20. The quantitative estimate of drug-likeness (QED) is 0.729. The van der Waals surface area contributed by atoms with E-state index < -0.39 is 0 Å². The van der Waals surface area contributed by atoms with E-state index in [1.165, 1.54) is 4.68 Å². The van der Waals surface area contributed by atoms with Gasteiger partial charge in [-0.25, -0.2) is 4.68 Å². The fourth-order valence-electron chi connectivity index (χ4n) is 1.38. The molecule has 1 aromatic heterocycles. The van der Waals surface area contributed by atoms with Gasteiger partial charge in [-0.05, 0) is 12.2 Å². The van der Waals surface area contributed by atoms with E-state index in [1.54, 1.807) is 19.4 Å². The van der Waals surface area contributed by atoms with Crippen molar-refractivity contribution in [1.29, 1.82) is 0 Å². The molecule has 0 radical (unpaired) electrons. The maximum atomic E-state index is 11.7. The number of anilines is 1. The summed E-state index contributed by atoms with van der Waals surface area (Å²) >= 11 is 4.11. The zero-order valence-corrected chi connectivity index (χ0v) is 11.2. The van der Waals surface area contributed by atoms with Crippen LogP contribution >= 0.6 is 12.6 Å². The Balaban J connectivity index is 2.70. The van der Waals surface area contributed by atoms with Crippen molar-refractivity contribution in [3.8, 4) is 0 Å². The predicted molar refractivity (Wildman–Crippen MR) is 72.1 cm³/mol.